The molecule has 23 heavy (non-hydrogen) atoms. The van der Waals surface area contributed by atoms with Gasteiger partial charge in [-0.05, 0) is 54.9 Å². The molecule has 0 heterocycles. The van der Waals surface area contributed by atoms with E-state index in [-0.39, 0.29) is 11.8 Å². The molecule has 2 fully saturated rings. The number of rotatable bonds is 3. The molecule has 0 saturated heterocycles. The molecule has 0 aliphatic heterocycles. The number of hydrazone groups is 1. The summed E-state index contributed by atoms with van der Waals surface area (Å²) in [6, 6.07) is 10.3. The van der Waals surface area contributed by atoms with Gasteiger partial charge in [0.05, 0.1) is 0 Å². The van der Waals surface area contributed by atoms with Crippen molar-refractivity contribution >= 4 is 11.6 Å². The van der Waals surface area contributed by atoms with Crippen LogP contribution in [0.1, 0.15) is 64.4 Å². The van der Waals surface area contributed by atoms with Crippen molar-refractivity contribution in [2.45, 2.75) is 58.8 Å². The van der Waals surface area contributed by atoms with Gasteiger partial charge >= 0.3 is 0 Å². The van der Waals surface area contributed by atoms with Crippen molar-refractivity contribution in [1.82, 2.24) is 5.43 Å². The van der Waals surface area contributed by atoms with Crippen LogP contribution < -0.4 is 5.43 Å². The number of amides is 1. The number of carbonyl (C=O) groups excluding carboxylic acids is 1. The lowest BCUT2D eigenvalue weighted by Crippen LogP contribution is -2.28. The fourth-order valence-electron chi connectivity index (χ4n) is 3.70. The zero-order valence-corrected chi connectivity index (χ0v) is 14.5. The summed E-state index contributed by atoms with van der Waals surface area (Å²) >= 11 is 0. The Morgan fingerprint density at radius 1 is 1.13 bits per heavy atom. The average Bonchev–Trinajstić information content (AvgIpc) is 3.34. The molecule has 2 unspecified atom stereocenters. The van der Waals surface area contributed by atoms with E-state index >= 15 is 0 Å². The van der Waals surface area contributed by atoms with Gasteiger partial charge in [-0.25, -0.2) is 5.43 Å². The molecule has 1 amide bonds. The first-order valence-electron chi connectivity index (χ1n) is 8.85. The van der Waals surface area contributed by atoms with E-state index in [0.29, 0.717) is 11.3 Å². The monoisotopic (exact) mass is 312 g/mol. The minimum atomic E-state index is 0.0873. The van der Waals surface area contributed by atoms with Gasteiger partial charge in [-0.2, -0.15) is 5.10 Å². The molecule has 2 aliphatic rings. The van der Waals surface area contributed by atoms with Gasteiger partial charge in [-0.3, -0.25) is 4.79 Å². The second-order valence-electron chi connectivity index (χ2n) is 8.15. The number of carbonyl (C=O) groups is 1. The molecule has 0 spiro atoms. The quantitative estimate of drug-likeness (QED) is 0.820. The summed E-state index contributed by atoms with van der Waals surface area (Å²) < 4.78 is 0. The fraction of sp³-hybridized carbons (Fsp3) is 0.600. The molecule has 2 aliphatic carbocycles. The second-order valence-corrected chi connectivity index (χ2v) is 8.15. The molecule has 2 saturated carbocycles. The molecule has 2 atom stereocenters. The van der Waals surface area contributed by atoms with E-state index in [1.54, 1.807) is 0 Å². The van der Waals surface area contributed by atoms with Crippen LogP contribution >= 0.6 is 0 Å². The number of nitrogens with zero attached hydrogens (tertiary/aromatic N) is 1. The standard InChI is InChI=1S/C20H28N2O/c1-20(2,3)15-9-11-16(12-10-15)21-22-19(23)18-13-17(18)14-7-5-4-6-8-14/h4-8,15,17-18H,9-13H2,1-3H3,(H,22,23). The third-order valence-electron chi connectivity index (χ3n) is 5.47. The number of benzene rings is 1. The predicted octanol–water partition coefficient (Wildman–Crippen LogP) is 4.50. The molecule has 1 aromatic carbocycles. The van der Waals surface area contributed by atoms with Crippen molar-refractivity contribution in [3.63, 3.8) is 0 Å². The van der Waals surface area contributed by atoms with Gasteiger partial charge in [0.15, 0.2) is 0 Å². The summed E-state index contributed by atoms with van der Waals surface area (Å²) in [5.74, 6) is 1.34. The first kappa shape index (κ1) is 16.2. The summed E-state index contributed by atoms with van der Waals surface area (Å²) in [6.07, 6.45) is 5.37. The van der Waals surface area contributed by atoms with Crippen LogP contribution in [0.15, 0.2) is 35.4 Å². The number of hydrogen-bond donors (Lipinski definition) is 1. The highest BCUT2D eigenvalue weighted by Crippen LogP contribution is 2.47. The van der Waals surface area contributed by atoms with Crippen LogP contribution in [0.2, 0.25) is 0 Å². The minimum absolute atomic E-state index is 0.0873. The molecule has 3 heteroatoms. The lowest BCUT2D eigenvalue weighted by atomic mass is 9.72. The van der Waals surface area contributed by atoms with E-state index in [1.165, 1.54) is 18.4 Å². The van der Waals surface area contributed by atoms with Gasteiger partial charge in [0.2, 0.25) is 5.91 Å². The van der Waals surface area contributed by atoms with Crippen LogP contribution in [-0.2, 0) is 4.79 Å². The summed E-state index contributed by atoms with van der Waals surface area (Å²) in [7, 11) is 0. The molecule has 3 nitrogen and oxygen atoms in total. The highest BCUT2D eigenvalue weighted by Gasteiger charge is 2.43. The Balaban J connectivity index is 1.47. The van der Waals surface area contributed by atoms with E-state index in [4.69, 9.17) is 0 Å². The van der Waals surface area contributed by atoms with Crippen LogP contribution in [0.4, 0.5) is 0 Å². The lowest BCUT2D eigenvalue weighted by Gasteiger charge is -2.34. The zero-order chi connectivity index (χ0) is 16.4. The average molecular weight is 312 g/mol. The Kier molecular flexibility index (Phi) is 4.56. The Hall–Kier alpha value is -1.64. The van der Waals surface area contributed by atoms with Crippen LogP contribution in [0.25, 0.3) is 0 Å². The molecule has 3 rings (SSSR count). The van der Waals surface area contributed by atoms with Gasteiger partial charge < -0.3 is 0 Å². The maximum atomic E-state index is 12.2. The van der Waals surface area contributed by atoms with E-state index < -0.39 is 0 Å². The Bertz CT molecular complexity index is 575. The number of nitrogens with one attached hydrogen (secondary N) is 1. The first-order chi connectivity index (χ1) is 10.9. The minimum Gasteiger partial charge on any atom is -0.273 e. The lowest BCUT2D eigenvalue weighted by molar-refractivity contribution is -0.122. The Morgan fingerprint density at radius 2 is 1.78 bits per heavy atom. The van der Waals surface area contributed by atoms with Crippen molar-refractivity contribution in [1.29, 1.82) is 0 Å². The molecule has 0 radical (unpaired) electrons. The van der Waals surface area contributed by atoms with E-state index in [2.05, 4.69) is 43.4 Å². The largest absolute Gasteiger partial charge is 0.273 e. The van der Waals surface area contributed by atoms with Crippen LogP contribution in [0.5, 0.6) is 0 Å². The third-order valence-corrected chi connectivity index (χ3v) is 5.47. The summed E-state index contributed by atoms with van der Waals surface area (Å²) in [5, 5.41) is 4.41. The molecule has 0 bridgehead atoms. The van der Waals surface area contributed by atoms with Crippen LogP contribution in [0, 0.1) is 17.3 Å². The van der Waals surface area contributed by atoms with Crippen molar-refractivity contribution in [2.24, 2.45) is 22.4 Å². The predicted molar refractivity (Wildman–Crippen MR) is 94.3 cm³/mol. The van der Waals surface area contributed by atoms with E-state index in [0.717, 1.165) is 30.9 Å². The SMILES string of the molecule is CC(C)(C)C1CCC(=NNC(=O)C2CC2c2ccccc2)CC1. The molecule has 1 N–H and O–H groups in total. The van der Waals surface area contributed by atoms with Gasteiger partial charge in [0.1, 0.15) is 0 Å². The van der Waals surface area contributed by atoms with E-state index in [9.17, 15) is 4.79 Å². The molecular weight excluding hydrogens is 284 g/mol. The Labute approximate surface area is 139 Å². The third kappa shape index (κ3) is 4.01. The highest BCUT2D eigenvalue weighted by atomic mass is 16.2. The topological polar surface area (TPSA) is 41.5 Å². The fourth-order valence-corrected chi connectivity index (χ4v) is 3.70. The van der Waals surface area contributed by atoms with Crippen molar-refractivity contribution in [2.75, 3.05) is 0 Å². The van der Waals surface area contributed by atoms with E-state index in [1.807, 2.05) is 18.2 Å². The molecule has 0 aromatic heterocycles. The first-order valence-corrected chi connectivity index (χ1v) is 8.85. The van der Waals surface area contributed by atoms with Crippen molar-refractivity contribution in [3.05, 3.63) is 35.9 Å². The highest BCUT2D eigenvalue weighted by molar-refractivity contribution is 5.88. The summed E-state index contributed by atoms with van der Waals surface area (Å²) in [4.78, 5) is 12.2. The van der Waals surface area contributed by atoms with Crippen molar-refractivity contribution in [3.8, 4) is 0 Å². The maximum absolute atomic E-state index is 12.2. The van der Waals surface area contributed by atoms with Gasteiger partial charge in [-0.1, -0.05) is 51.1 Å². The smallest absolute Gasteiger partial charge is 0.243 e. The van der Waals surface area contributed by atoms with Gasteiger partial charge in [0.25, 0.3) is 0 Å². The summed E-state index contributed by atoms with van der Waals surface area (Å²) in [6.45, 7) is 6.95. The normalized spacial score (nSPS) is 27.4. The van der Waals surface area contributed by atoms with Crippen molar-refractivity contribution < 1.29 is 4.79 Å². The van der Waals surface area contributed by atoms with Crippen LogP contribution in [0.3, 0.4) is 0 Å². The molecule has 1 aromatic rings. The summed E-state index contributed by atoms with van der Waals surface area (Å²) in [5.41, 5.74) is 5.63. The Morgan fingerprint density at radius 3 is 2.39 bits per heavy atom. The second kappa shape index (κ2) is 6.46. The molecular formula is C20H28N2O. The number of hydrogen-bond acceptors (Lipinski definition) is 2. The van der Waals surface area contributed by atoms with Gasteiger partial charge in [0, 0.05) is 11.6 Å². The maximum Gasteiger partial charge on any atom is 0.243 e. The molecule has 124 valence electrons. The van der Waals surface area contributed by atoms with Crippen LogP contribution in [-0.4, -0.2) is 11.6 Å². The zero-order valence-electron chi connectivity index (χ0n) is 14.5. The van der Waals surface area contributed by atoms with Gasteiger partial charge in [-0.15, -0.1) is 0 Å².